The molecule has 6 heteroatoms. The van der Waals surface area contributed by atoms with Crippen molar-refractivity contribution in [2.75, 3.05) is 18.1 Å². The quantitative estimate of drug-likeness (QED) is 0.838. The normalized spacial score (nSPS) is 13.7. The lowest BCUT2D eigenvalue weighted by Gasteiger charge is -2.15. The zero-order valence-corrected chi connectivity index (χ0v) is 11.7. The molecule has 0 aliphatic heterocycles. The van der Waals surface area contributed by atoms with Gasteiger partial charge in [0.1, 0.15) is 10.7 Å². The van der Waals surface area contributed by atoms with Crippen molar-refractivity contribution in [1.29, 1.82) is 0 Å². The molecule has 1 N–H and O–H groups in total. The third kappa shape index (κ3) is 4.16. The monoisotopic (exact) mass is 276 g/mol. The van der Waals surface area contributed by atoms with E-state index in [9.17, 15) is 8.42 Å². The fourth-order valence-electron chi connectivity index (χ4n) is 1.25. The van der Waals surface area contributed by atoms with Crippen molar-refractivity contribution < 1.29 is 8.42 Å². The maximum atomic E-state index is 11.5. The lowest BCUT2D eigenvalue weighted by molar-refractivity contribution is 0.600. The highest BCUT2D eigenvalue weighted by molar-refractivity contribution is 7.90. The molecule has 1 aromatic heterocycles. The second-order valence-corrected chi connectivity index (χ2v) is 6.81. The molecule has 1 rings (SSSR count). The number of hydrogen-bond acceptors (Lipinski definition) is 4. The van der Waals surface area contributed by atoms with Gasteiger partial charge in [-0.05, 0) is 18.1 Å². The molecular weight excluding hydrogens is 260 g/mol. The Morgan fingerprint density at radius 3 is 2.65 bits per heavy atom. The first-order valence-electron chi connectivity index (χ1n) is 5.35. The van der Waals surface area contributed by atoms with Gasteiger partial charge in [0.05, 0.1) is 5.38 Å². The van der Waals surface area contributed by atoms with Crippen LogP contribution in [0.4, 0.5) is 5.82 Å². The molecule has 1 heterocycles. The summed E-state index contributed by atoms with van der Waals surface area (Å²) in [4.78, 5) is 4.23. The van der Waals surface area contributed by atoms with E-state index in [1.807, 2.05) is 13.8 Å². The Kier molecular flexibility index (Phi) is 4.77. The number of sulfone groups is 1. The summed E-state index contributed by atoms with van der Waals surface area (Å²) in [6, 6.07) is 3.13. The van der Waals surface area contributed by atoms with Gasteiger partial charge >= 0.3 is 0 Å². The molecule has 4 nitrogen and oxygen atoms in total. The smallest absolute Gasteiger partial charge is 0.179 e. The number of rotatable bonds is 5. The molecule has 0 fully saturated rings. The zero-order chi connectivity index (χ0) is 13.1. The number of nitrogens with one attached hydrogen (secondary N) is 1. The summed E-state index contributed by atoms with van der Waals surface area (Å²) in [6.07, 6.45) is 2.71. The van der Waals surface area contributed by atoms with Crippen LogP contribution in [-0.2, 0) is 9.84 Å². The molecule has 1 aromatic rings. The van der Waals surface area contributed by atoms with Crippen molar-refractivity contribution in [3.8, 4) is 0 Å². The van der Waals surface area contributed by atoms with Crippen LogP contribution in [0.25, 0.3) is 0 Å². The molecule has 0 amide bonds. The van der Waals surface area contributed by atoms with E-state index in [1.165, 1.54) is 6.07 Å². The lowest BCUT2D eigenvalue weighted by atomic mass is 10.1. The van der Waals surface area contributed by atoms with Crippen LogP contribution in [0.5, 0.6) is 0 Å². The van der Waals surface area contributed by atoms with Crippen molar-refractivity contribution in [3.63, 3.8) is 0 Å². The standard InChI is InChI=1S/C11H17ClN2O2S/c1-8(2)9(12)7-14-11-10(17(3,15)16)5-4-6-13-11/h4-6,8-9H,7H2,1-3H3,(H,13,14). The van der Waals surface area contributed by atoms with Crippen molar-refractivity contribution >= 4 is 27.3 Å². The second kappa shape index (κ2) is 5.69. The SMILES string of the molecule is CC(C)C(Cl)CNc1ncccc1S(C)(=O)=O. The first kappa shape index (κ1) is 14.3. The molecular formula is C11H17ClN2O2S. The fourth-order valence-corrected chi connectivity index (χ4v) is 2.13. The average molecular weight is 277 g/mol. The summed E-state index contributed by atoms with van der Waals surface area (Å²) < 4.78 is 23.0. The van der Waals surface area contributed by atoms with E-state index in [2.05, 4.69) is 10.3 Å². The summed E-state index contributed by atoms with van der Waals surface area (Å²) in [7, 11) is -3.27. The Morgan fingerprint density at radius 2 is 2.12 bits per heavy atom. The predicted molar refractivity (Wildman–Crippen MR) is 70.3 cm³/mol. The van der Waals surface area contributed by atoms with E-state index in [-0.39, 0.29) is 10.3 Å². The van der Waals surface area contributed by atoms with Crippen molar-refractivity contribution in [3.05, 3.63) is 18.3 Å². The van der Waals surface area contributed by atoms with Crippen molar-refractivity contribution in [2.45, 2.75) is 24.1 Å². The second-order valence-electron chi connectivity index (χ2n) is 4.26. The molecule has 0 aromatic carbocycles. The molecule has 0 radical (unpaired) electrons. The summed E-state index contributed by atoms with van der Waals surface area (Å²) >= 11 is 6.09. The summed E-state index contributed by atoms with van der Waals surface area (Å²) in [6.45, 7) is 4.50. The molecule has 0 aliphatic rings. The van der Waals surface area contributed by atoms with Crippen LogP contribution >= 0.6 is 11.6 Å². The minimum Gasteiger partial charge on any atom is -0.367 e. The highest BCUT2D eigenvalue weighted by atomic mass is 35.5. The predicted octanol–water partition coefficient (Wildman–Crippen LogP) is 2.16. The van der Waals surface area contributed by atoms with E-state index in [0.29, 0.717) is 18.3 Å². The zero-order valence-electron chi connectivity index (χ0n) is 10.1. The Bertz CT molecular complexity index is 474. The Morgan fingerprint density at radius 1 is 1.47 bits per heavy atom. The maximum Gasteiger partial charge on any atom is 0.179 e. The molecule has 0 saturated carbocycles. The number of halogens is 1. The van der Waals surface area contributed by atoms with Crippen molar-refractivity contribution in [1.82, 2.24) is 4.98 Å². The molecule has 1 atom stereocenters. The van der Waals surface area contributed by atoms with E-state index in [0.717, 1.165) is 6.26 Å². The largest absolute Gasteiger partial charge is 0.367 e. The van der Waals surface area contributed by atoms with E-state index >= 15 is 0 Å². The molecule has 96 valence electrons. The van der Waals surface area contributed by atoms with Gasteiger partial charge in [0.15, 0.2) is 9.84 Å². The van der Waals surface area contributed by atoms with Crippen molar-refractivity contribution in [2.24, 2.45) is 5.92 Å². The Hall–Kier alpha value is -0.810. The number of nitrogens with zero attached hydrogens (tertiary/aromatic N) is 1. The third-order valence-electron chi connectivity index (χ3n) is 2.36. The number of alkyl halides is 1. The van der Waals surface area contributed by atoms with Gasteiger partial charge in [0, 0.05) is 19.0 Å². The Labute approximate surface area is 107 Å². The van der Waals surface area contributed by atoms with Gasteiger partial charge in [-0.1, -0.05) is 13.8 Å². The molecule has 1 unspecified atom stereocenters. The number of aromatic nitrogens is 1. The summed E-state index contributed by atoms with van der Waals surface area (Å²) in [5.74, 6) is 0.677. The average Bonchev–Trinajstić information content (AvgIpc) is 2.24. The first-order valence-corrected chi connectivity index (χ1v) is 7.68. The van der Waals surface area contributed by atoms with Gasteiger partial charge in [0.2, 0.25) is 0 Å². The highest BCUT2D eigenvalue weighted by Crippen LogP contribution is 2.18. The first-order chi connectivity index (χ1) is 7.82. The molecule has 0 spiro atoms. The minimum absolute atomic E-state index is 0.0654. The summed E-state index contributed by atoms with van der Waals surface area (Å²) in [5, 5.41) is 2.91. The minimum atomic E-state index is -3.27. The maximum absolute atomic E-state index is 11.5. The summed E-state index contributed by atoms with van der Waals surface area (Å²) in [5.41, 5.74) is 0. The van der Waals surface area contributed by atoms with Gasteiger partial charge in [-0.2, -0.15) is 0 Å². The van der Waals surface area contributed by atoms with Gasteiger partial charge in [0.25, 0.3) is 0 Å². The molecule has 0 bridgehead atoms. The number of hydrogen-bond donors (Lipinski definition) is 1. The van der Waals surface area contributed by atoms with Crippen LogP contribution in [0.15, 0.2) is 23.2 Å². The van der Waals surface area contributed by atoms with Crippen LogP contribution in [0, 0.1) is 5.92 Å². The van der Waals surface area contributed by atoms with Crippen LogP contribution in [-0.4, -0.2) is 31.6 Å². The van der Waals surface area contributed by atoms with E-state index < -0.39 is 9.84 Å². The fraction of sp³-hybridized carbons (Fsp3) is 0.545. The molecule has 17 heavy (non-hydrogen) atoms. The van der Waals surface area contributed by atoms with E-state index in [4.69, 9.17) is 11.6 Å². The van der Waals surface area contributed by atoms with Crippen LogP contribution in [0.3, 0.4) is 0 Å². The molecule has 0 aliphatic carbocycles. The lowest BCUT2D eigenvalue weighted by Crippen LogP contribution is -2.21. The van der Waals surface area contributed by atoms with Crippen LogP contribution in [0.2, 0.25) is 0 Å². The van der Waals surface area contributed by atoms with Crippen LogP contribution < -0.4 is 5.32 Å². The number of anilines is 1. The highest BCUT2D eigenvalue weighted by Gasteiger charge is 2.15. The Balaban J connectivity index is 2.85. The van der Waals surface area contributed by atoms with Gasteiger partial charge in [-0.15, -0.1) is 11.6 Å². The molecule has 0 saturated heterocycles. The van der Waals surface area contributed by atoms with Gasteiger partial charge < -0.3 is 5.32 Å². The van der Waals surface area contributed by atoms with Gasteiger partial charge in [-0.25, -0.2) is 13.4 Å². The topological polar surface area (TPSA) is 59.1 Å². The van der Waals surface area contributed by atoms with E-state index in [1.54, 1.807) is 12.3 Å². The van der Waals surface area contributed by atoms with Crippen LogP contribution in [0.1, 0.15) is 13.8 Å². The number of pyridine rings is 1. The third-order valence-corrected chi connectivity index (χ3v) is 4.14. The van der Waals surface area contributed by atoms with Gasteiger partial charge in [-0.3, -0.25) is 0 Å².